The van der Waals surface area contributed by atoms with Gasteiger partial charge in [0.2, 0.25) is 0 Å². The molecule has 0 heterocycles. The maximum absolute atomic E-state index is 5.87. The van der Waals surface area contributed by atoms with Crippen LogP contribution in [-0.2, 0) is 6.42 Å². The third kappa shape index (κ3) is 3.63. The zero-order valence-corrected chi connectivity index (χ0v) is 10.6. The van der Waals surface area contributed by atoms with Gasteiger partial charge < -0.3 is 15.2 Å². The molecule has 0 bridgehead atoms. The summed E-state index contributed by atoms with van der Waals surface area (Å²) in [4.78, 5) is 0. The Morgan fingerprint density at radius 2 is 2.18 bits per heavy atom. The molecule has 1 fully saturated rings. The molecule has 1 aromatic carbocycles. The summed E-state index contributed by atoms with van der Waals surface area (Å²) in [6, 6.07) is 6.11. The smallest absolute Gasteiger partial charge is 0.126 e. The second kappa shape index (κ2) is 5.41. The number of nitrogens with two attached hydrogens (primary N) is 1. The van der Waals surface area contributed by atoms with Gasteiger partial charge in [-0.25, -0.2) is 0 Å². The van der Waals surface area contributed by atoms with Gasteiger partial charge >= 0.3 is 0 Å². The molecular formula is C14H21NO2. The van der Waals surface area contributed by atoms with Gasteiger partial charge in [0, 0.05) is 12.1 Å². The van der Waals surface area contributed by atoms with Crippen LogP contribution in [-0.4, -0.2) is 19.8 Å². The standard InChI is InChI=1S/C14H21NO2/c1-10(15)7-12-5-6-13(16-2)8-14(12)17-9-11-3-4-11/h5-6,8,10-11H,3-4,7,9,15H2,1-2H3. The average molecular weight is 235 g/mol. The fraction of sp³-hybridized carbons (Fsp3) is 0.571. The fourth-order valence-electron chi connectivity index (χ4n) is 1.80. The second-order valence-electron chi connectivity index (χ2n) is 4.91. The van der Waals surface area contributed by atoms with E-state index in [1.807, 2.05) is 25.1 Å². The molecule has 0 aliphatic heterocycles. The fourth-order valence-corrected chi connectivity index (χ4v) is 1.80. The van der Waals surface area contributed by atoms with Crippen LogP contribution in [0.25, 0.3) is 0 Å². The van der Waals surface area contributed by atoms with Gasteiger partial charge in [0.25, 0.3) is 0 Å². The van der Waals surface area contributed by atoms with Crippen molar-refractivity contribution in [3.8, 4) is 11.5 Å². The second-order valence-corrected chi connectivity index (χ2v) is 4.91. The van der Waals surface area contributed by atoms with E-state index in [4.69, 9.17) is 15.2 Å². The van der Waals surface area contributed by atoms with Gasteiger partial charge in [-0.1, -0.05) is 6.07 Å². The lowest BCUT2D eigenvalue weighted by Crippen LogP contribution is -2.18. The van der Waals surface area contributed by atoms with Crippen LogP contribution < -0.4 is 15.2 Å². The Hall–Kier alpha value is -1.22. The van der Waals surface area contributed by atoms with Crippen LogP contribution in [0.3, 0.4) is 0 Å². The first kappa shape index (κ1) is 12.2. The predicted octanol–water partition coefficient (Wildman–Crippen LogP) is 2.37. The van der Waals surface area contributed by atoms with Crippen molar-refractivity contribution < 1.29 is 9.47 Å². The minimum atomic E-state index is 0.145. The van der Waals surface area contributed by atoms with Crippen LogP contribution in [0.2, 0.25) is 0 Å². The zero-order valence-electron chi connectivity index (χ0n) is 10.6. The van der Waals surface area contributed by atoms with Gasteiger partial charge in [0.15, 0.2) is 0 Å². The molecule has 3 heteroatoms. The molecule has 1 unspecified atom stereocenters. The highest BCUT2D eigenvalue weighted by Crippen LogP contribution is 2.32. The van der Waals surface area contributed by atoms with Gasteiger partial charge in [-0.2, -0.15) is 0 Å². The van der Waals surface area contributed by atoms with E-state index in [2.05, 4.69) is 0 Å². The third-order valence-electron chi connectivity index (χ3n) is 2.99. The zero-order chi connectivity index (χ0) is 12.3. The van der Waals surface area contributed by atoms with Crippen LogP contribution in [0.15, 0.2) is 18.2 Å². The van der Waals surface area contributed by atoms with E-state index in [1.54, 1.807) is 7.11 Å². The van der Waals surface area contributed by atoms with Crippen molar-refractivity contribution in [1.82, 2.24) is 0 Å². The van der Waals surface area contributed by atoms with Crippen molar-refractivity contribution in [2.45, 2.75) is 32.2 Å². The number of rotatable bonds is 6. The quantitative estimate of drug-likeness (QED) is 0.823. The summed E-state index contributed by atoms with van der Waals surface area (Å²) in [5.41, 5.74) is 7.01. The Kier molecular flexibility index (Phi) is 3.89. The number of benzene rings is 1. The monoisotopic (exact) mass is 235 g/mol. The van der Waals surface area contributed by atoms with Crippen LogP contribution in [0.4, 0.5) is 0 Å². The molecule has 1 aliphatic carbocycles. The lowest BCUT2D eigenvalue weighted by atomic mass is 10.1. The maximum Gasteiger partial charge on any atom is 0.126 e. The topological polar surface area (TPSA) is 44.5 Å². The van der Waals surface area contributed by atoms with E-state index < -0.39 is 0 Å². The maximum atomic E-state index is 5.87. The van der Waals surface area contributed by atoms with Crippen molar-refractivity contribution >= 4 is 0 Å². The molecule has 0 aromatic heterocycles. The molecule has 94 valence electrons. The summed E-state index contributed by atoms with van der Waals surface area (Å²) in [5.74, 6) is 2.52. The highest BCUT2D eigenvalue weighted by molar-refractivity contribution is 5.41. The average Bonchev–Trinajstić information content (AvgIpc) is 3.11. The summed E-state index contributed by atoms with van der Waals surface area (Å²) >= 11 is 0. The Morgan fingerprint density at radius 3 is 2.76 bits per heavy atom. The predicted molar refractivity (Wildman–Crippen MR) is 68.6 cm³/mol. The lowest BCUT2D eigenvalue weighted by Gasteiger charge is -2.14. The van der Waals surface area contributed by atoms with Crippen LogP contribution in [0, 0.1) is 5.92 Å². The molecule has 2 rings (SSSR count). The third-order valence-corrected chi connectivity index (χ3v) is 2.99. The van der Waals surface area contributed by atoms with Crippen LogP contribution >= 0.6 is 0 Å². The Labute approximate surface area is 103 Å². The Bertz CT molecular complexity index is 372. The highest BCUT2D eigenvalue weighted by atomic mass is 16.5. The first-order chi connectivity index (χ1) is 8.19. The first-order valence-corrected chi connectivity index (χ1v) is 6.24. The van der Waals surface area contributed by atoms with Gasteiger partial charge in [0.1, 0.15) is 11.5 Å². The minimum Gasteiger partial charge on any atom is -0.497 e. The molecule has 0 saturated heterocycles. The number of hydrogen-bond acceptors (Lipinski definition) is 3. The van der Waals surface area contributed by atoms with Gasteiger partial charge in [-0.05, 0) is 43.7 Å². The summed E-state index contributed by atoms with van der Waals surface area (Å²) < 4.78 is 11.1. The molecule has 2 N–H and O–H groups in total. The number of methoxy groups -OCH3 is 1. The summed E-state index contributed by atoms with van der Waals surface area (Å²) in [5, 5.41) is 0. The van der Waals surface area contributed by atoms with Crippen LogP contribution in [0.1, 0.15) is 25.3 Å². The molecule has 1 aromatic rings. The van der Waals surface area contributed by atoms with E-state index >= 15 is 0 Å². The summed E-state index contributed by atoms with van der Waals surface area (Å²) in [6.45, 7) is 2.83. The highest BCUT2D eigenvalue weighted by Gasteiger charge is 2.22. The molecule has 17 heavy (non-hydrogen) atoms. The van der Waals surface area contributed by atoms with Crippen molar-refractivity contribution in [1.29, 1.82) is 0 Å². The van der Waals surface area contributed by atoms with Crippen molar-refractivity contribution in [3.63, 3.8) is 0 Å². The van der Waals surface area contributed by atoms with E-state index in [0.29, 0.717) is 0 Å². The Morgan fingerprint density at radius 1 is 1.41 bits per heavy atom. The van der Waals surface area contributed by atoms with Gasteiger partial charge in [-0.15, -0.1) is 0 Å². The van der Waals surface area contributed by atoms with Crippen molar-refractivity contribution in [2.75, 3.05) is 13.7 Å². The molecule has 1 aliphatic rings. The normalized spacial score (nSPS) is 16.6. The SMILES string of the molecule is COc1ccc(CC(C)N)c(OCC2CC2)c1. The van der Waals surface area contributed by atoms with E-state index in [-0.39, 0.29) is 6.04 Å². The van der Waals surface area contributed by atoms with E-state index in [0.717, 1.165) is 30.4 Å². The summed E-state index contributed by atoms with van der Waals surface area (Å²) in [7, 11) is 1.67. The molecule has 0 radical (unpaired) electrons. The molecule has 3 nitrogen and oxygen atoms in total. The van der Waals surface area contributed by atoms with E-state index in [1.165, 1.54) is 18.4 Å². The number of ether oxygens (including phenoxy) is 2. The minimum absolute atomic E-state index is 0.145. The molecule has 1 saturated carbocycles. The van der Waals surface area contributed by atoms with Gasteiger partial charge in [-0.3, -0.25) is 0 Å². The summed E-state index contributed by atoms with van der Waals surface area (Å²) in [6.07, 6.45) is 3.43. The van der Waals surface area contributed by atoms with Gasteiger partial charge in [0.05, 0.1) is 13.7 Å². The molecule has 0 amide bonds. The first-order valence-electron chi connectivity index (χ1n) is 6.24. The molecular weight excluding hydrogens is 214 g/mol. The Balaban J connectivity index is 2.10. The van der Waals surface area contributed by atoms with E-state index in [9.17, 15) is 0 Å². The molecule has 1 atom stereocenters. The number of hydrogen-bond donors (Lipinski definition) is 1. The lowest BCUT2D eigenvalue weighted by molar-refractivity contribution is 0.294. The van der Waals surface area contributed by atoms with Crippen molar-refractivity contribution in [3.05, 3.63) is 23.8 Å². The molecule has 0 spiro atoms. The van der Waals surface area contributed by atoms with Crippen LogP contribution in [0.5, 0.6) is 11.5 Å². The largest absolute Gasteiger partial charge is 0.497 e. The van der Waals surface area contributed by atoms with Crippen molar-refractivity contribution in [2.24, 2.45) is 11.7 Å².